The molecule has 0 amide bonds. The molecule has 1 aliphatic rings. The zero-order chi connectivity index (χ0) is 26.8. The van der Waals surface area contributed by atoms with Gasteiger partial charge in [-0.15, -0.1) is 0 Å². The Morgan fingerprint density at radius 2 is 1.90 bits per heavy atom. The van der Waals surface area contributed by atoms with E-state index in [0.29, 0.717) is 11.5 Å². The lowest BCUT2D eigenvalue weighted by Gasteiger charge is -2.33. The van der Waals surface area contributed by atoms with Crippen molar-refractivity contribution in [2.45, 2.75) is 77.5 Å². The smallest absolute Gasteiger partial charge is 0.200 e. The largest absolute Gasteiger partial charge is 0.220 e. The summed E-state index contributed by atoms with van der Waals surface area (Å²) in [7, 11) is 0.723. The molecule has 1 atom stereocenters. The van der Waals surface area contributed by atoms with Crippen molar-refractivity contribution in [3.63, 3.8) is 0 Å². The number of nitrogens with zero attached hydrogens (tertiary/aromatic N) is 1. The van der Waals surface area contributed by atoms with Crippen LogP contribution in [0, 0.1) is 13.8 Å². The molecule has 2 heteroatoms. The molecule has 0 N–H and O–H groups in total. The summed E-state index contributed by atoms with van der Waals surface area (Å²) >= 11 is 0. The maximum Gasteiger partial charge on any atom is 0.220 e. The monoisotopic (exact) mass is 422 g/mol. The molecule has 30 heavy (non-hydrogen) atoms. The predicted octanol–water partition coefficient (Wildman–Crippen LogP) is 7.66. The number of fused-ring (bicyclic) bond motifs is 1. The van der Waals surface area contributed by atoms with Crippen LogP contribution in [0.5, 0.6) is 0 Å². The summed E-state index contributed by atoms with van der Waals surface area (Å²) in [5.74, 6) is -1.27. The molecule has 1 aliphatic heterocycles. The zero-order valence-electron chi connectivity index (χ0n) is 25.2. The van der Waals surface area contributed by atoms with E-state index >= 15 is 0 Å². The van der Waals surface area contributed by atoms with Crippen molar-refractivity contribution in [1.82, 2.24) is 0 Å². The summed E-state index contributed by atoms with van der Waals surface area (Å²) in [4.78, 5) is 0. The van der Waals surface area contributed by atoms with Crippen LogP contribution < -0.4 is 4.57 Å². The molecule has 1 aromatic heterocycles. The van der Waals surface area contributed by atoms with E-state index in [9.17, 15) is 0 Å². The molecule has 158 valence electrons. The predicted molar refractivity (Wildman–Crippen MR) is 133 cm³/mol. The minimum absolute atomic E-state index is 0.124. The van der Waals surface area contributed by atoms with E-state index in [1.807, 2.05) is 13.8 Å². The second-order valence-corrected chi connectivity index (χ2v) is 15.3. The number of aromatic nitrogens is 1. The minimum Gasteiger partial charge on any atom is -0.200 e. The number of hydrogen-bond donors (Lipinski definition) is 0. The van der Waals surface area contributed by atoms with Gasteiger partial charge < -0.3 is 0 Å². The molecule has 0 spiro atoms. The average Bonchev–Trinajstić information content (AvgIpc) is 2.79. The molecule has 2 aromatic carbocycles. The Hall–Kier alpha value is -1.93. The van der Waals surface area contributed by atoms with Crippen LogP contribution >= 0.6 is 0 Å². The third-order valence-electron chi connectivity index (χ3n) is 7.16. The van der Waals surface area contributed by atoms with Gasteiger partial charge in [-0.05, 0) is 78.3 Å². The van der Waals surface area contributed by atoms with Gasteiger partial charge in [-0.3, -0.25) is 0 Å². The lowest BCUT2D eigenvalue weighted by molar-refractivity contribution is -0.659. The Morgan fingerprint density at radius 1 is 1.17 bits per heavy atom. The fourth-order valence-electron chi connectivity index (χ4n) is 4.89. The SMILES string of the molecule is [2H]c1c([2H])[n+](C)c(-c2cc(C([2H])(C)C([2H])([2H])[2H])cc(C)c2C)c2ccc(C3CC[Si](C)(C)CC3)cc12. The summed E-state index contributed by atoms with van der Waals surface area (Å²) in [5.41, 5.74) is 5.18. The molecule has 0 aliphatic carbocycles. The van der Waals surface area contributed by atoms with Gasteiger partial charge in [0.05, 0.1) is 12.3 Å². The van der Waals surface area contributed by atoms with Gasteiger partial charge in [0.1, 0.15) is 8.42 Å². The van der Waals surface area contributed by atoms with E-state index in [4.69, 9.17) is 8.22 Å². The molecule has 1 saturated heterocycles. The van der Waals surface area contributed by atoms with Gasteiger partial charge in [0.25, 0.3) is 0 Å². The standard InChI is InChI=1S/C28H38NSi/c1-19(2)25-16-20(3)21(4)27(18-25)28-26-9-8-23(17-24(26)10-13-29(28)5)22-11-14-30(6,7)15-12-22/h8-10,13,16-19,22H,11-12,14-15H2,1-7H3/q+1/i1D3,10D,13D,19D. The third-order valence-corrected chi connectivity index (χ3v) is 10.4. The van der Waals surface area contributed by atoms with Gasteiger partial charge in [0.15, 0.2) is 6.17 Å². The van der Waals surface area contributed by atoms with Crippen LogP contribution in [0.15, 0.2) is 42.5 Å². The number of pyridine rings is 1. The van der Waals surface area contributed by atoms with Crippen LogP contribution in [0.1, 0.15) is 68.9 Å². The first-order valence-corrected chi connectivity index (χ1v) is 14.5. The van der Waals surface area contributed by atoms with Crippen LogP contribution in [0.3, 0.4) is 0 Å². The summed E-state index contributed by atoms with van der Waals surface area (Å²) < 4.78 is 51.7. The van der Waals surface area contributed by atoms with Crippen molar-refractivity contribution in [2.24, 2.45) is 7.05 Å². The van der Waals surface area contributed by atoms with Gasteiger partial charge in [-0.1, -0.05) is 57.2 Å². The van der Waals surface area contributed by atoms with Crippen molar-refractivity contribution < 1.29 is 12.8 Å². The first kappa shape index (κ1) is 15.0. The van der Waals surface area contributed by atoms with Crippen LogP contribution in [0.4, 0.5) is 0 Å². The average molecular weight is 423 g/mol. The highest BCUT2D eigenvalue weighted by Gasteiger charge is 2.29. The van der Waals surface area contributed by atoms with Gasteiger partial charge in [0, 0.05) is 19.6 Å². The minimum atomic E-state index is -2.48. The maximum atomic E-state index is 8.78. The normalized spacial score (nSPS) is 22.3. The van der Waals surface area contributed by atoms with Gasteiger partial charge >= 0.3 is 0 Å². The van der Waals surface area contributed by atoms with E-state index < -0.39 is 20.8 Å². The fraction of sp³-hybridized carbons (Fsp3) is 0.464. The summed E-state index contributed by atoms with van der Waals surface area (Å²) in [5, 5.41) is 1.65. The van der Waals surface area contributed by atoms with E-state index in [1.54, 1.807) is 23.7 Å². The molecule has 3 aromatic rings. The molecule has 1 nitrogen and oxygen atoms in total. The molecular weight excluding hydrogens is 378 g/mol. The molecule has 0 saturated carbocycles. The Morgan fingerprint density at radius 3 is 2.60 bits per heavy atom. The molecule has 1 fully saturated rings. The molecule has 0 bridgehead atoms. The Bertz CT molecular complexity index is 1330. The maximum absolute atomic E-state index is 8.78. The zero-order valence-corrected chi connectivity index (χ0v) is 20.2. The van der Waals surface area contributed by atoms with E-state index in [-0.39, 0.29) is 12.2 Å². The van der Waals surface area contributed by atoms with Crippen molar-refractivity contribution >= 4 is 18.8 Å². The summed E-state index contributed by atoms with van der Waals surface area (Å²) in [6.45, 7) is 7.83. The second-order valence-electron chi connectivity index (χ2n) is 9.98. The van der Waals surface area contributed by atoms with Crippen LogP contribution in [0.2, 0.25) is 25.2 Å². The molecule has 4 rings (SSSR count). The van der Waals surface area contributed by atoms with Crippen molar-refractivity contribution in [3.05, 3.63) is 64.8 Å². The van der Waals surface area contributed by atoms with Crippen LogP contribution in [-0.4, -0.2) is 8.07 Å². The Kier molecular flexibility index (Phi) is 3.97. The number of hydrogen-bond acceptors (Lipinski definition) is 0. The Labute approximate surface area is 192 Å². The first-order chi connectivity index (χ1) is 16.5. The molecule has 0 radical (unpaired) electrons. The highest BCUT2D eigenvalue weighted by Crippen LogP contribution is 2.40. The third kappa shape index (κ3) is 3.99. The lowest BCUT2D eigenvalue weighted by Crippen LogP contribution is -2.31. The van der Waals surface area contributed by atoms with Gasteiger partial charge in [-0.25, -0.2) is 4.57 Å². The van der Waals surface area contributed by atoms with E-state index in [2.05, 4.69) is 31.3 Å². The Balaban J connectivity index is 1.94. The molecule has 1 unspecified atom stereocenters. The quantitative estimate of drug-likeness (QED) is 0.301. The summed E-state index contributed by atoms with van der Waals surface area (Å²) in [6, 6.07) is 12.8. The van der Waals surface area contributed by atoms with Crippen molar-refractivity contribution in [1.29, 1.82) is 0 Å². The van der Waals surface area contributed by atoms with Crippen LogP contribution in [0.25, 0.3) is 22.0 Å². The van der Waals surface area contributed by atoms with Gasteiger partial charge in [0.2, 0.25) is 5.69 Å². The highest BCUT2D eigenvalue weighted by atomic mass is 28.3. The number of aryl methyl sites for hydroxylation is 1. The molecule has 2 heterocycles. The fourth-order valence-corrected chi connectivity index (χ4v) is 7.40. The lowest BCUT2D eigenvalue weighted by atomic mass is 9.89. The first-order valence-electron chi connectivity index (χ1n) is 14.1. The topological polar surface area (TPSA) is 3.88 Å². The highest BCUT2D eigenvalue weighted by molar-refractivity contribution is 6.77. The molecular formula is C28H38NSi+. The number of rotatable bonds is 3. The van der Waals surface area contributed by atoms with Crippen LogP contribution in [-0.2, 0) is 7.05 Å². The summed E-state index contributed by atoms with van der Waals surface area (Å²) in [6.07, 6.45) is 2.51. The van der Waals surface area contributed by atoms with E-state index in [0.717, 1.165) is 33.2 Å². The van der Waals surface area contributed by atoms with Gasteiger partial charge in [-0.2, -0.15) is 0 Å². The number of benzene rings is 2. The van der Waals surface area contributed by atoms with Crippen molar-refractivity contribution in [2.75, 3.05) is 0 Å². The van der Waals surface area contributed by atoms with E-state index in [1.165, 1.54) is 37.4 Å². The second kappa shape index (κ2) is 7.96. The van der Waals surface area contributed by atoms with Crippen molar-refractivity contribution in [3.8, 4) is 11.3 Å².